The number of hydrogen-bond donors (Lipinski definition) is 1. The molecule has 1 saturated carbocycles. The smallest absolute Gasteiger partial charge is 0.274 e. The minimum Gasteiger partial charge on any atom is -0.274 e. The molecular formula is C18H25N3O4S2. The first-order valence-electron chi connectivity index (χ1n) is 8.91. The van der Waals surface area contributed by atoms with Crippen LogP contribution in [0.4, 0.5) is 4.79 Å². The summed E-state index contributed by atoms with van der Waals surface area (Å²) in [5, 5.41) is -0.382. The van der Waals surface area contributed by atoms with Crippen molar-refractivity contribution in [2.75, 3.05) is 13.6 Å². The maximum absolute atomic E-state index is 13.1. The van der Waals surface area contributed by atoms with Crippen LogP contribution in [0.25, 0.3) is 0 Å². The van der Waals surface area contributed by atoms with Crippen LogP contribution in [0.3, 0.4) is 0 Å². The van der Waals surface area contributed by atoms with Crippen molar-refractivity contribution in [3.8, 4) is 0 Å². The summed E-state index contributed by atoms with van der Waals surface area (Å²) in [6.45, 7) is 4.48. The zero-order valence-electron chi connectivity index (χ0n) is 15.7. The highest BCUT2D eigenvalue weighted by Crippen LogP contribution is 2.51. The fraction of sp³-hybridized carbons (Fsp3) is 0.556. The maximum Gasteiger partial charge on any atom is 0.311 e. The lowest BCUT2D eigenvalue weighted by atomic mass is 10.1. The lowest BCUT2D eigenvalue weighted by Crippen LogP contribution is -2.38. The van der Waals surface area contributed by atoms with Gasteiger partial charge >= 0.3 is 15.7 Å². The molecule has 0 saturated heterocycles. The number of rotatable bonds is 8. The van der Waals surface area contributed by atoms with Gasteiger partial charge < -0.3 is 0 Å². The average Bonchev–Trinajstić information content (AvgIpc) is 3.31. The fourth-order valence-corrected chi connectivity index (χ4v) is 4.10. The van der Waals surface area contributed by atoms with Crippen molar-refractivity contribution in [3.05, 3.63) is 35.9 Å². The molecule has 7 nitrogen and oxygen atoms in total. The molecule has 1 aliphatic rings. The molecule has 0 heterocycles. The topological polar surface area (TPSA) is 95.9 Å². The Morgan fingerprint density at radius 3 is 2.48 bits per heavy atom. The summed E-state index contributed by atoms with van der Waals surface area (Å²) in [6, 6.07) is 8.57. The molecular weight excluding hydrogens is 386 g/mol. The second-order valence-corrected chi connectivity index (χ2v) is 8.48. The molecule has 27 heavy (non-hydrogen) atoms. The average molecular weight is 412 g/mol. The van der Waals surface area contributed by atoms with Crippen LogP contribution in [0.5, 0.6) is 0 Å². The third-order valence-corrected chi connectivity index (χ3v) is 5.51. The molecule has 2 amide bonds. The summed E-state index contributed by atoms with van der Waals surface area (Å²) < 4.78 is 28.5. The van der Waals surface area contributed by atoms with Crippen LogP contribution < -0.4 is 4.72 Å². The van der Waals surface area contributed by atoms with Gasteiger partial charge in [0.1, 0.15) is 0 Å². The number of carbonyl (C=O) groups is 2. The summed E-state index contributed by atoms with van der Waals surface area (Å²) in [7, 11) is -0.989. The molecule has 0 bridgehead atoms. The molecule has 0 aromatic heterocycles. The number of carbonyl (C=O) groups excluding carboxylic acids is 2. The van der Waals surface area contributed by atoms with Gasteiger partial charge in [0, 0.05) is 24.4 Å². The molecule has 3 atom stereocenters. The van der Waals surface area contributed by atoms with Crippen molar-refractivity contribution >= 4 is 33.6 Å². The molecule has 1 aliphatic carbocycles. The van der Waals surface area contributed by atoms with E-state index in [-0.39, 0.29) is 17.1 Å². The van der Waals surface area contributed by atoms with Gasteiger partial charge in [-0.2, -0.15) is 12.8 Å². The summed E-state index contributed by atoms with van der Waals surface area (Å²) in [6.07, 6.45) is 1.60. The van der Waals surface area contributed by atoms with E-state index in [0.717, 1.165) is 23.9 Å². The number of nitrogens with zero attached hydrogens (tertiary/aromatic N) is 2. The summed E-state index contributed by atoms with van der Waals surface area (Å²) >= 11 is 0.848. The lowest BCUT2D eigenvalue weighted by Gasteiger charge is -2.20. The first-order valence-corrected chi connectivity index (χ1v) is 10.8. The van der Waals surface area contributed by atoms with Crippen molar-refractivity contribution in [3.63, 3.8) is 0 Å². The zero-order valence-corrected chi connectivity index (χ0v) is 17.3. The first-order chi connectivity index (χ1) is 12.9. The van der Waals surface area contributed by atoms with Gasteiger partial charge in [0.25, 0.3) is 0 Å². The van der Waals surface area contributed by atoms with Gasteiger partial charge in [-0.25, -0.2) is 0 Å². The number of imide groups is 1. The summed E-state index contributed by atoms with van der Waals surface area (Å²) in [5.74, 6) is -0.848. The quantitative estimate of drug-likeness (QED) is 0.661. The zero-order chi connectivity index (χ0) is 20.0. The Kier molecular flexibility index (Phi) is 8.00. The fourth-order valence-electron chi connectivity index (χ4n) is 3.18. The molecule has 0 spiro atoms. The van der Waals surface area contributed by atoms with Crippen molar-refractivity contribution in [2.24, 2.45) is 16.2 Å². The van der Waals surface area contributed by atoms with Crippen molar-refractivity contribution in [1.82, 2.24) is 9.62 Å². The van der Waals surface area contributed by atoms with E-state index < -0.39 is 22.5 Å². The molecule has 2 rings (SSSR count). The Labute approximate surface area is 165 Å². The monoisotopic (exact) mass is 411 g/mol. The summed E-state index contributed by atoms with van der Waals surface area (Å²) in [5.41, 5.74) is 0.853. The van der Waals surface area contributed by atoms with Gasteiger partial charge in [-0.1, -0.05) is 44.2 Å². The highest BCUT2D eigenvalue weighted by molar-refractivity contribution is 8.11. The third-order valence-electron chi connectivity index (χ3n) is 4.50. The lowest BCUT2D eigenvalue weighted by molar-refractivity contribution is -0.129. The molecule has 0 radical (unpaired) electrons. The Hall–Kier alpha value is -1.71. The molecule has 1 N–H and O–H groups in total. The van der Waals surface area contributed by atoms with Crippen LogP contribution in [0.15, 0.2) is 34.7 Å². The van der Waals surface area contributed by atoms with E-state index in [4.69, 9.17) is 0 Å². The Morgan fingerprint density at radius 1 is 1.26 bits per heavy atom. The van der Waals surface area contributed by atoms with Gasteiger partial charge in [0.15, 0.2) is 0 Å². The van der Waals surface area contributed by atoms with Crippen LogP contribution in [-0.4, -0.2) is 44.1 Å². The van der Waals surface area contributed by atoms with E-state index in [1.165, 1.54) is 4.90 Å². The highest BCUT2D eigenvalue weighted by Gasteiger charge is 2.58. The predicted molar refractivity (Wildman–Crippen MR) is 106 cm³/mol. The van der Waals surface area contributed by atoms with Crippen molar-refractivity contribution < 1.29 is 18.0 Å². The number of amides is 2. The van der Waals surface area contributed by atoms with Crippen LogP contribution in [-0.2, 0) is 15.3 Å². The number of hydrogen-bond acceptors (Lipinski definition) is 7. The minimum atomic E-state index is -2.60. The summed E-state index contributed by atoms with van der Waals surface area (Å²) in [4.78, 5) is 26.7. The van der Waals surface area contributed by atoms with E-state index in [1.54, 1.807) is 7.05 Å². The van der Waals surface area contributed by atoms with Crippen LogP contribution in [0.1, 0.15) is 38.2 Å². The molecule has 1 fully saturated rings. The highest BCUT2D eigenvalue weighted by atomic mass is 32.2. The maximum atomic E-state index is 13.1. The SMILES string of the molecule is CNSC(=O)N(CCCC(C)C)C(=O)C1C(N=S(=O)=O)C1c1ccccc1. The molecule has 9 heteroatoms. The minimum absolute atomic E-state index is 0.315. The van der Waals surface area contributed by atoms with Gasteiger partial charge in [0.2, 0.25) is 5.91 Å². The predicted octanol–water partition coefficient (Wildman–Crippen LogP) is 3.08. The van der Waals surface area contributed by atoms with Gasteiger partial charge in [-0.3, -0.25) is 19.2 Å². The van der Waals surface area contributed by atoms with E-state index in [0.29, 0.717) is 18.9 Å². The first kappa shape index (κ1) is 21.6. The van der Waals surface area contributed by atoms with Gasteiger partial charge in [-0.15, -0.1) is 0 Å². The number of nitrogens with one attached hydrogen (secondary N) is 1. The largest absolute Gasteiger partial charge is 0.311 e. The normalized spacial score (nSPS) is 21.0. The second kappa shape index (κ2) is 10.0. The van der Waals surface area contributed by atoms with Gasteiger partial charge in [-0.05, 0) is 31.4 Å². The molecule has 3 unspecified atom stereocenters. The van der Waals surface area contributed by atoms with E-state index in [9.17, 15) is 18.0 Å². The van der Waals surface area contributed by atoms with Crippen molar-refractivity contribution in [1.29, 1.82) is 0 Å². The van der Waals surface area contributed by atoms with Crippen LogP contribution in [0, 0.1) is 11.8 Å². The molecule has 0 aliphatic heterocycles. The Morgan fingerprint density at radius 2 is 1.93 bits per heavy atom. The van der Waals surface area contributed by atoms with Crippen molar-refractivity contribution in [2.45, 2.75) is 38.6 Å². The molecule has 1 aromatic rings. The van der Waals surface area contributed by atoms with E-state index in [1.807, 2.05) is 30.3 Å². The molecule has 1 aromatic carbocycles. The number of benzene rings is 1. The van der Waals surface area contributed by atoms with E-state index in [2.05, 4.69) is 22.9 Å². The second-order valence-electron chi connectivity index (χ2n) is 6.87. The third kappa shape index (κ3) is 5.88. The standard InChI is InChI=1S/C18H25N3O4S2/c1-12(2)8-7-11-21(18(23)26-19-3)17(22)15-14(16(15)20-27(24)25)13-9-5-4-6-10-13/h4-6,9-10,12,14-16,19H,7-8,11H2,1-3H3. The Balaban J connectivity index is 2.22. The van der Waals surface area contributed by atoms with Crippen LogP contribution in [0.2, 0.25) is 0 Å². The van der Waals surface area contributed by atoms with Crippen LogP contribution >= 0.6 is 11.9 Å². The van der Waals surface area contributed by atoms with E-state index >= 15 is 0 Å². The van der Waals surface area contributed by atoms with Gasteiger partial charge in [0.05, 0.1) is 12.0 Å². The molecule has 148 valence electrons. The Bertz CT molecular complexity index is 788.